The highest BCUT2D eigenvalue weighted by molar-refractivity contribution is 7.47. The lowest BCUT2D eigenvalue weighted by molar-refractivity contribution is -0.161. The Bertz CT molecular complexity index is 1890. The Morgan fingerprint density at radius 2 is 0.658 bits per heavy atom. The monoisotopic (exact) mass is 1110 g/mol. The molecule has 3 N–H and O–H groups in total. The van der Waals surface area contributed by atoms with Crippen LogP contribution in [0.1, 0.15) is 219 Å². The number of hydrogen-bond donors (Lipinski definition) is 2. The number of esters is 2. The zero-order valence-corrected chi connectivity index (χ0v) is 50.4. The van der Waals surface area contributed by atoms with Crippen molar-refractivity contribution in [3.8, 4) is 0 Å². The third kappa shape index (κ3) is 62.4. The molecular weight excluding hydrogens is 1000 g/mol. The molecule has 0 rings (SSSR count). The molecule has 444 valence electrons. The fourth-order valence-electron chi connectivity index (χ4n) is 7.65. The summed E-state index contributed by atoms with van der Waals surface area (Å²) < 4.78 is 33.0. The molecule has 79 heavy (non-hydrogen) atoms. The lowest BCUT2D eigenvalue weighted by Gasteiger charge is -2.19. The molecule has 10 heteroatoms. The summed E-state index contributed by atoms with van der Waals surface area (Å²) in [5, 5.41) is 0. The largest absolute Gasteiger partial charge is 0.472 e. The molecule has 0 aliphatic rings. The highest BCUT2D eigenvalue weighted by Gasteiger charge is 2.26. The van der Waals surface area contributed by atoms with Crippen molar-refractivity contribution in [3.05, 3.63) is 170 Å². The van der Waals surface area contributed by atoms with Crippen molar-refractivity contribution in [2.45, 2.75) is 225 Å². The fourth-order valence-corrected chi connectivity index (χ4v) is 8.42. The molecule has 9 nitrogen and oxygen atoms in total. The average molecular weight is 1110 g/mol. The van der Waals surface area contributed by atoms with Gasteiger partial charge in [-0.3, -0.25) is 18.6 Å². The summed E-state index contributed by atoms with van der Waals surface area (Å²) in [7, 11) is -4.41. The quantitative estimate of drug-likeness (QED) is 0.0264. The molecule has 0 aromatic heterocycles. The SMILES string of the molecule is CC/C=C\C/C=C\C/C=C\C/C=C\C/C=C\C/C=C\C/C=C\CCCCCCCCCCCCCC(=O)OC(COC(=O)CCCCC/C=C\C/C=C\C/C=C\C/C=C\C/C=C\C/C=C\C/C=C\CC)COP(=O)(O)OCCN. The van der Waals surface area contributed by atoms with Gasteiger partial charge in [0.25, 0.3) is 0 Å². The average Bonchev–Trinajstić information content (AvgIpc) is 3.44. The molecule has 0 spiro atoms. The van der Waals surface area contributed by atoms with Gasteiger partial charge in [-0.1, -0.05) is 248 Å². The maximum atomic E-state index is 12.7. The van der Waals surface area contributed by atoms with Gasteiger partial charge in [0.15, 0.2) is 6.10 Å². The molecule has 0 saturated heterocycles. The lowest BCUT2D eigenvalue weighted by Crippen LogP contribution is -2.29. The van der Waals surface area contributed by atoms with Crippen molar-refractivity contribution in [2.24, 2.45) is 5.73 Å². The van der Waals surface area contributed by atoms with Crippen LogP contribution in [0.25, 0.3) is 0 Å². The number of hydrogen-bond acceptors (Lipinski definition) is 8. The van der Waals surface area contributed by atoms with Crippen molar-refractivity contribution in [3.63, 3.8) is 0 Å². The molecule has 0 aliphatic heterocycles. The first-order valence-electron chi connectivity index (χ1n) is 30.6. The highest BCUT2D eigenvalue weighted by Crippen LogP contribution is 2.43. The summed E-state index contributed by atoms with van der Waals surface area (Å²) in [5.41, 5.74) is 5.38. The van der Waals surface area contributed by atoms with Crippen molar-refractivity contribution < 1.29 is 37.6 Å². The minimum Gasteiger partial charge on any atom is -0.462 e. The van der Waals surface area contributed by atoms with Crippen LogP contribution in [0.3, 0.4) is 0 Å². The van der Waals surface area contributed by atoms with Crippen LogP contribution in [-0.4, -0.2) is 49.3 Å². The number of carbonyl (C=O) groups excluding carboxylic acids is 2. The van der Waals surface area contributed by atoms with E-state index in [-0.39, 0.29) is 32.6 Å². The van der Waals surface area contributed by atoms with E-state index in [0.29, 0.717) is 12.8 Å². The summed E-state index contributed by atoms with van der Waals surface area (Å²) in [6, 6.07) is 0. The first kappa shape index (κ1) is 74.4. The van der Waals surface area contributed by atoms with Crippen LogP contribution in [0.5, 0.6) is 0 Å². The Kier molecular flexibility index (Phi) is 58.9. The number of carbonyl (C=O) groups is 2. The van der Waals surface area contributed by atoms with Gasteiger partial charge in [-0.15, -0.1) is 0 Å². The van der Waals surface area contributed by atoms with Gasteiger partial charge in [0.05, 0.1) is 13.2 Å². The minimum atomic E-state index is -4.41. The highest BCUT2D eigenvalue weighted by atomic mass is 31.2. The predicted octanol–water partition coefficient (Wildman–Crippen LogP) is 19.8. The summed E-state index contributed by atoms with van der Waals surface area (Å²) in [4.78, 5) is 35.2. The van der Waals surface area contributed by atoms with Crippen LogP contribution in [0.15, 0.2) is 170 Å². The van der Waals surface area contributed by atoms with Crippen molar-refractivity contribution in [2.75, 3.05) is 26.4 Å². The number of unbranched alkanes of at least 4 members (excludes halogenated alkanes) is 14. The van der Waals surface area contributed by atoms with Gasteiger partial charge in [-0.25, -0.2) is 4.57 Å². The Morgan fingerprint density at radius 3 is 0.987 bits per heavy atom. The molecule has 0 aromatic carbocycles. The van der Waals surface area contributed by atoms with Gasteiger partial charge < -0.3 is 20.1 Å². The van der Waals surface area contributed by atoms with E-state index >= 15 is 0 Å². The van der Waals surface area contributed by atoms with Crippen LogP contribution >= 0.6 is 7.82 Å². The molecule has 0 radical (unpaired) electrons. The standard InChI is InChI=1S/C69H110NO8P/c1-3-5-7-9-11-13-15-17-19-21-23-25-27-29-30-31-32-33-34-35-36-38-40-42-44-46-48-50-52-54-56-58-60-62-69(72)78-67(66-77-79(73,74)76-64-63-70)65-75-68(71)61-59-57-55-53-51-49-47-45-43-41-39-37-28-26-24-22-20-18-16-14-12-10-8-6-4-2/h5-8,11-14,17-20,23-26,29-30,32-33,35-37,39,43,45,49,51,67H,3-4,9-10,15-16,21-22,27-28,31,34,38,40-42,44,46-48,50,52-66,70H2,1-2H3,(H,73,74)/b7-5-,8-6-,13-11-,14-12-,19-17-,20-18-,25-23-,26-24-,30-29-,33-32-,36-35-,39-37-,45-43-,51-49-. The molecule has 0 aliphatic carbocycles. The first-order valence-corrected chi connectivity index (χ1v) is 32.1. The molecule has 0 heterocycles. The fraction of sp³-hybridized carbons (Fsp3) is 0.565. The number of ether oxygens (including phenoxy) is 2. The van der Waals surface area contributed by atoms with E-state index in [9.17, 15) is 19.0 Å². The van der Waals surface area contributed by atoms with Gasteiger partial charge in [-0.2, -0.15) is 0 Å². The lowest BCUT2D eigenvalue weighted by atomic mass is 10.0. The van der Waals surface area contributed by atoms with Crippen LogP contribution < -0.4 is 5.73 Å². The minimum absolute atomic E-state index is 0.0385. The van der Waals surface area contributed by atoms with Gasteiger partial charge in [0.2, 0.25) is 0 Å². The second-order valence-electron chi connectivity index (χ2n) is 19.5. The zero-order chi connectivity index (χ0) is 57.3. The molecule has 0 bridgehead atoms. The van der Waals surface area contributed by atoms with Crippen molar-refractivity contribution in [1.29, 1.82) is 0 Å². The van der Waals surface area contributed by atoms with Crippen LogP contribution in [0.2, 0.25) is 0 Å². The normalized spacial score (nSPS) is 14.2. The molecule has 0 aromatic rings. The second kappa shape index (κ2) is 62.6. The number of phosphoric acid groups is 1. The van der Waals surface area contributed by atoms with Gasteiger partial charge in [0, 0.05) is 19.4 Å². The Labute approximate surface area is 482 Å². The van der Waals surface area contributed by atoms with E-state index in [2.05, 4.69) is 184 Å². The molecule has 0 fully saturated rings. The molecule has 0 saturated carbocycles. The van der Waals surface area contributed by atoms with E-state index < -0.39 is 32.5 Å². The predicted molar refractivity (Wildman–Crippen MR) is 339 cm³/mol. The second-order valence-corrected chi connectivity index (χ2v) is 20.9. The van der Waals surface area contributed by atoms with Crippen LogP contribution in [0, 0.1) is 0 Å². The Morgan fingerprint density at radius 1 is 0.380 bits per heavy atom. The summed E-state index contributed by atoms with van der Waals surface area (Å²) in [6.07, 6.45) is 92.7. The third-order valence-electron chi connectivity index (χ3n) is 12.1. The summed E-state index contributed by atoms with van der Waals surface area (Å²) in [6.45, 7) is 3.45. The van der Waals surface area contributed by atoms with Crippen molar-refractivity contribution >= 4 is 19.8 Å². The number of rotatable bonds is 55. The molecule has 2 unspecified atom stereocenters. The molecular formula is C69H110NO8P. The van der Waals surface area contributed by atoms with E-state index in [4.69, 9.17) is 24.3 Å². The van der Waals surface area contributed by atoms with E-state index in [1.165, 1.54) is 44.9 Å². The Balaban J connectivity index is 4.07. The van der Waals surface area contributed by atoms with E-state index in [0.717, 1.165) is 135 Å². The maximum absolute atomic E-state index is 12.7. The van der Waals surface area contributed by atoms with E-state index in [1.807, 2.05) is 0 Å². The van der Waals surface area contributed by atoms with Crippen LogP contribution in [-0.2, 0) is 32.7 Å². The summed E-state index contributed by atoms with van der Waals surface area (Å²) >= 11 is 0. The maximum Gasteiger partial charge on any atom is 0.472 e. The number of allylic oxidation sites excluding steroid dienone is 28. The Hall–Kier alpha value is -4.63. The van der Waals surface area contributed by atoms with Gasteiger partial charge in [0.1, 0.15) is 6.61 Å². The van der Waals surface area contributed by atoms with E-state index in [1.54, 1.807) is 0 Å². The zero-order valence-electron chi connectivity index (χ0n) is 49.5. The third-order valence-corrected chi connectivity index (χ3v) is 13.1. The molecule has 2 atom stereocenters. The summed E-state index contributed by atoms with van der Waals surface area (Å²) in [5.74, 6) is -0.883. The number of phosphoric ester groups is 1. The topological polar surface area (TPSA) is 134 Å². The van der Waals surface area contributed by atoms with Gasteiger partial charge in [-0.05, 0) is 128 Å². The number of nitrogens with two attached hydrogens (primary N) is 1. The van der Waals surface area contributed by atoms with Crippen LogP contribution in [0.4, 0.5) is 0 Å². The van der Waals surface area contributed by atoms with Crippen molar-refractivity contribution in [1.82, 2.24) is 0 Å². The molecule has 0 amide bonds. The van der Waals surface area contributed by atoms with Gasteiger partial charge >= 0.3 is 19.8 Å². The smallest absolute Gasteiger partial charge is 0.462 e. The first-order chi connectivity index (χ1) is 38.8.